The zero-order chi connectivity index (χ0) is 19.6. The summed E-state index contributed by atoms with van der Waals surface area (Å²) in [4.78, 5) is 35.4. The van der Waals surface area contributed by atoms with Crippen molar-refractivity contribution in [2.24, 2.45) is 0 Å². The molecule has 150 valence electrons. The molecule has 8 nitrogen and oxygen atoms in total. The van der Waals surface area contributed by atoms with E-state index in [0.717, 1.165) is 30.0 Å². The van der Waals surface area contributed by atoms with Crippen LogP contribution in [0, 0.1) is 0 Å². The van der Waals surface area contributed by atoms with Gasteiger partial charge in [0.1, 0.15) is 18.0 Å². The Morgan fingerprint density at radius 2 is 2.25 bits per heavy atom. The Hall–Kier alpha value is -2.23. The Balaban J connectivity index is 1.46. The molecule has 1 saturated heterocycles. The maximum atomic E-state index is 12.6. The molecule has 4 heterocycles. The number of amides is 2. The highest BCUT2D eigenvalue weighted by molar-refractivity contribution is 7.14. The van der Waals surface area contributed by atoms with Crippen molar-refractivity contribution in [2.75, 3.05) is 33.4 Å². The number of H-pyrrole nitrogens is 1. The number of thiophene rings is 1. The van der Waals surface area contributed by atoms with E-state index in [1.165, 1.54) is 24.0 Å². The third kappa shape index (κ3) is 3.69. The molecule has 1 spiro atoms. The summed E-state index contributed by atoms with van der Waals surface area (Å²) in [5, 5.41) is 2.91. The third-order valence-corrected chi connectivity index (χ3v) is 6.72. The Morgan fingerprint density at radius 3 is 2.96 bits per heavy atom. The quantitative estimate of drug-likeness (QED) is 0.786. The predicted octanol–water partition coefficient (Wildman–Crippen LogP) is 1.44. The van der Waals surface area contributed by atoms with Crippen LogP contribution in [-0.2, 0) is 32.8 Å². The summed E-state index contributed by atoms with van der Waals surface area (Å²) in [6.45, 7) is 2.40. The lowest BCUT2D eigenvalue weighted by atomic mass is 9.85. The summed E-state index contributed by atoms with van der Waals surface area (Å²) in [5.74, 6) is 0.638. The SMILES string of the molecule is COCC(=O)N1CCC2(CC1)OCCc1cc(C(=O)NCc3ncc[nH]3)sc12. The van der Waals surface area contributed by atoms with E-state index in [9.17, 15) is 9.59 Å². The Bertz CT molecular complexity index is 840. The standard InChI is InChI=1S/C19H24N4O4S/c1-26-12-16(24)23-7-3-19(4-8-23)17-13(2-9-27-19)10-14(28-17)18(25)22-11-15-20-5-6-21-15/h5-6,10H,2-4,7-9,11-12H2,1H3,(H,20,21)(H,22,25). The molecule has 0 radical (unpaired) electrons. The summed E-state index contributed by atoms with van der Waals surface area (Å²) in [6, 6.07) is 1.99. The second kappa shape index (κ2) is 8.02. The fraction of sp³-hybridized carbons (Fsp3) is 0.526. The summed E-state index contributed by atoms with van der Waals surface area (Å²) < 4.78 is 11.2. The lowest BCUT2D eigenvalue weighted by Crippen LogP contribution is -2.48. The largest absolute Gasteiger partial charge is 0.375 e. The summed E-state index contributed by atoms with van der Waals surface area (Å²) in [6.07, 6.45) is 5.69. The number of carbonyl (C=O) groups excluding carboxylic acids is 2. The van der Waals surface area contributed by atoms with Gasteiger partial charge in [-0.3, -0.25) is 9.59 Å². The van der Waals surface area contributed by atoms with Crippen LogP contribution in [-0.4, -0.2) is 60.1 Å². The predicted molar refractivity (Wildman–Crippen MR) is 103 cm³/mol. The van der Waals surface area contributed by atoms with Crippen LogP contribution in [0.5, 0.6) is 0 Å². The van der Waals surface area contributed by atoms with Gasteiger partial charge in [0.05, 0.1) is 18.0 Å². The highest BCUT2D eigenvalue weighted by Crippen LogP contribution is 2.45. The Kier molecular flexibility index (Phi) is 5.47. The molecule has 9 heteroatoms. The second-order valence-electron chi connectivity index (χ2n) is 7.09. The van der Waals surface area contributed by atoms with Gasteiger partial charge in [-0.25, -0.2) is 4.98 Å². The van der Waals surface area contributed by atoms with E-state index in [2.05, 4.69) is 15.3 Å². The molecule has 0 unspecified atom stereocenters. The average molecular weight is 404 g/mol. The fourth-order valence-corrected chi connectivity index (χ4v) is 5.21. The molecule has 0 saturated carbocycles. The van der Waals surface area contributed by atoms with Crippen molar-refractivity contribution in [1.82, 2.24) is 20.2 Å². The molecule has 4 rings (SSSR count). The van der Waals surface area contributed by atoms with Gasteiger partial charge in [-0.05, 0) is 30.9 Å². The molecule has 0 aliphatic carbocycles. The van der Waals surface area contributed by atoms with Crippen molar-refractivity contribution in [3.8, 4) is 0 Å². The lowest BCUT2D eigenvalue weighted by molar-refractivity contribution is -0.143. The summed E-state index contributed by atoms with van der Waals surface area (Å²) in [7, 11) is 1.53. The summed E-state index contributed by atoms with van der Waals surface area (Å²) in [5.41, 5.74) is 0.804. The van der Waals surface area contributed by atoms with E-state index < -0.39 is 0 Å². The number of aromatic nitrogens is 2. The first kappa shape index (κ1) is 19.1. The minimum absolute atomic E-state index is 0.0116. The molecule has 28 heavy (non-hydrogen) atoms. The number of aromatic amines is 1. The summed E-state index contributed by atoms with van der Waals surface area (Å²) >= 11 is 1.51. The number of hydrogen-bond acceptors (Lipinski definition) is 6. The van der Waals surface area contributed by atoms with Gasteiger partial charge in [-0.1, -0.05) is 0 Å². The van der Waals surface area contributed by atoms with E-state index in [0.29, 0.717) is 31.1 Å². The number of ether oxygens (including phenoxy) is 2. The van der Waals surface area contributed by atoms with Crippen LogP contribution in [0.15, 0.2) is 18.5 Å². The number of fused-ring (bicyclic) bond motifs is 2. The van der Waals surface area contributed by atoms with Crippen molar-refractivity contribution < 1.29 is 19.1 Å². The molecule has 0 atom stereocenters. The van der Waals surface area contributed by atoms with Crippen LogP contribution in [0.3, 0.4) is 0 Å². The Morgan fingerprint density at radius 1 is 1.43 bits per heavy atom. The topological polar surface area (TPSA) is 96.5 Å². The van der Waals surface area contributed by atoms with Crippen LogP contribution >= 0.6 is 11.3 Å². The van der Waals surface area contributed by atoms with Gasteiger partial charge in [-0.15, -0.1) is 11.3 Å². The molecule has 0 aromatic carbocycles. The zero-order valence-electron chi connectivity index (χ0n) is 15.8. The smallest absolute Gasteiger partial charge is 0.261 e. The normalized spacial score (nSPS) is 18.1. The van der Waals surface area contributed by atoms with E-state index in [4.69, 9.17) is 9.47 Å². The van der Waals surface area contributed by atoms with Crippen molar-refractivity contribution in [3.63, 3.8) is 0 Å². The van der Waals surface area contributed by atoms with E-state index >= 15 is 0 Å². The zero-order valence-corrected chi connectivity index (χ0v) is 16.6. The number of carbonyl (C=O) groups is 2. The lowest BCUT2D eigenvalue weighted by Gasteiger charge is -2.43. The maximum Gasteiger partial charge on any atom is 0.261 e. The molecular weight excluding hydrogens is 380 g/mol. The van der Waals surface area contributed by atoms with Gasteiger partial charge >= 0.3 is 0 Å². The molecule has 2 aromatic rings. The maximum absolute atomic E-state index is 12.6. The van der Waals surface area contributed by atoms with Crippen LogP contribution in [0.2, 0.25) is 0 Å². The average Bonchev–Trinajstić information content (AvgIpc) is 3.37. The number of imidazole rings is 1. The molecule has 2 amide bonds. The van der Waals surface area contributed by atoms with Crippen molar-refractivity contribution in [3.05, 3.63) is 39.6 Å². The van der Waals surface area contributed by atoms with Crippen LogP contribution in [0.1, 0.15) is 38.8 Å². The highest BCUT2D eigenvalue weighted by Gasteiger charge is 2.43. The fourth-order valence-electron chi connectivity index (χ4n) is 3.88. The number of likely N-dealkylation sites (tertiary alicyclic amines) is 1. The first-order valence-electron chi connectivity index (χ1n) is 9.41. The number of nitrogens with one attached hydrogen (secondary N) is 2. The van der Waals surface area contributed by atoms with Gasteiger partial charge in [0.25, 0.3) is 5.91 Å². The first-order valence-corrected chi connectivity index (χ1v) is 10.2. The van der Waals surface area contributed by atoms with E-state index in [-0.39, 0.29) is 24.0 Å². The van der Waals surface area contributed by atoms with Gasteiger partial charge in [0, 0.05) is 37.5 Å². The highest BCUT2D eigenvalue weighted by atomic mass is 32.1. The third-order valence-electron chi connectivity index (χ3n) is 5.36. The molecule has 2 aliphatic heterocycles. The van der Waals surface area contributed by atoms with E-state index in [1.807, 2.05) is 11.0 Å². The number of piperidine rings is 1. The van der Waals surface area contributed by atoms with Gasteiger partial charge in [0.15, 0.2) is 0 Å². The van der Waals surface area contributed by atoms with Gasteiger partial charge in [-0.2, -0.15) is 0 Å². The number of rotatable bonds is 5. The van der Waals surface area contributed by atoms with Gasteiger partial charge < -0.3 is 24.7 Å². The number of nitrogens with zero attached hydrogens (tertiary/aromatic N) is 2. The minimum Gasteiger partial charge on any atom is -0.375 e. The molecule has 1 fully saturated rings. The van der Waals surface area contributed by atoms with Crippen LogP contribution in [0.25, 0.3) is 0 Å². The van der Waals surface area contributed by atoms with Gasteiger partial charge in [0.2, 0.25) is 5.91 Å². The van der Waals surface area contributed by atoms with Crippen LogP contribution in [0.4, 0.5) is 0 Å². The monoisotopic (exact) mass is 404 g/mol. The minimum atomic E-state index is -0.387. The van der Waals surface area contributed by atoms with E-state index in [1.54, 1.807) is 12.4 Å². The molecule has 2 N–H and O–H groups in total. The first-order chi connectivity index (χ1) is 13.6. The van der Waals surface area contributed by atoms with Crippen molar-refractivity contribution in [2.45, 2.75) is 31.4 Å². The van der Waals surface area contributed by atoms with Crippen molar-refractivity contribution >= 4 is 23.2 Å². The molecule has 2 aromatic heterocycles. The molecule has 2 aliphatic rings. The van der Waals surface area contributed by atoms with Crippen LogP contribution < -0.4 is 5.32 Å². The molecule has 0 bridgehead atoms. The van der Waals surface area contributed by atoms with Crippen molar-refractivity contribution in [1.29, 1.82) is 0 Å². The Labute approximate surface area is 167 Å². The number of hydrogen-bond donors (Lipinski definition) is 2. The second-order valence-corrected chi connectivity index (χ2v) is 8.14. The molecular formula is C19H24N4O4S. The number of methoxy groups -OCH3 is 1.